The lowest BCUT2D eigenvalue weighted by Crippen LogP contribution is -2.39. The highest BCUT2D eigenvalue weighted by molar-refractivity contribution is 9.10. The van der Waals surface area contributed by atoms with Crippen molar-refractivity contribution in [2.45, 2.75) is 52.0 Å². The van der Waals surface area contributed by atoms with Crippen molar-refractivity contribution >= 4 is 49.6 Å². The SMILES string of the molecule is COc1ccc(C(C)C(=O)Oc2ccc(C(=O)CNC(C)(C)C)cc2OC(=O)C(C)c2ccc(OC)cc2Br)c(Br)c1. The molecule has 0 aliphatic heterocycles. The number of rotatable bonds is 11. The Labute approximate surface area is 263 Å². The molecule has 2 unspecified atom stereocenters. The number of Topliss-reactive ketones (excluding diaryl/α,β-unsaturated/α-hetero) is 1. The molecule has 0 saturated heterocycles. The highest BCUT2D eigenvalue weighted by Gasteiger charge is 2.26. The molecule has 0 aromatic heterocycles. The number of carbonyl (C=O) groups excluding carboxylic acids is 3. The Morgan fingerprint density at radius 1 is 0.738 bits per heavy atom. The molecule has 2 atom stereocenters. The molecule has 0 aliphatic rings. The van der Waals surface area contributed by atoms with Crippen LogP contribution in [0.15, 0.2) is 63.5 Å². The molecule has 42 heavy (non-hydrogen) atoms. The van der Waals surface area contributed by atoms with Gasteiger partial charge in [0.2, 0.25) is 0 Å². The van der Waals surface area contributed by atoms with Crippen molar-refractivity contribution in [3.8, 4) is 23.0 Å². The minimum Gasteiger partial charge on any atom is -0.497 e. The quantitative estimate of drug-likeness (QED) is 0.127. The molecule has 3 rings (SSSR count). The Morgan fingerprint density at radius 2 is 1.21 bits per heavy atom. The Kier molecular flexibility index (Phi) is 11.3. The summed E-state index contributed by atoms with van der Waals surface area (Å²) in [5, 5.41) is 3.16. The second-order valence-corrected chi connectivity index (χ2v) is 12.5. The number of halogens is 2. The lowest BCUT2D eigenvalue weighted by molar-refractivity contribution is -0.138. The summed E-state index contributed by atoms with van der Waals surface area (Å²) >= 11 is 6.97. The first-order valence-corrected chi connectivity index (χ1v) is 14.8. The topological polar surface area (TPSA) is 100 Å². The predicted molar refractivity (Wildman–Crippen MR) is 168 cm³/mol. The molecule has 0 amide bonds. The molecule has 10 heteroatoms. The van der Waals surface area contributed by atoms with E-state index in [-0.39, 0.29) is 29.4 Å². The number of benzene rings is 3. The number of hydrogen-bond donors (Lipinski definition) is 1. The van der Waals surface area contributed by atoms with Gasteiger partial charge in [-0.1, -0.05) is 44.0 Å². The second-order valence-electron chi connectivity index (χ2n) is 10.7. The fourth-order valence-electron chi connectivity index (χ4n) is 3.91. The van der Waals surface area contributed by atoms with E-state index in [0.29, 0.717) is 37.1 Å². The summed E-state index contributed by atoms with van der Waals surface area (Å²) in [5.41, 5.74) is 1.41. The zero-order valence-corrected chi connectivity index (χ0v) is 27.8. The maximum atomic E-state index is 13.3. The lowest BCUT2D eigenvalue weighted by atomic mass is 10.0. The molecule has 3 aromatic carbocycles. The first-order valence-electron chi connectivity index (χ1n) is 13.3. The molecule has 0 aliphatic carbocycles. The van der Waals surface area contributed by atoms with E-state index in [1.165, 1.54) is 12.1 Å². The van der Waals surface area contributed by atoms with Crippen molar-refractivity contribution in [1.29, 1.82) is 0 Å². The molecule has 0 saturated carbocycles. The van der Waals surface area contributed by atoms with Gasteiger partial charge in [0.05, 0.1) is 32.6 Å². The molecular weight excluding hydrogens is 670 g/mol. The monoisotopic (exact) mass is 703 g/mol. The van der Waals surface area contributed by atoms with Gasteiger partial charge in [0.1, 0.15) is 11.5 Å². The van der Waals surface area contributed by atoms with E-state index in [2.05, 4.69) is 37.2 Å². The van der Waals surface area contributed by atoms with Crippen molar-refractivity contribution in [1.82, 2.24) is 5.32 Å². The van der Waals surface area contributed by atoms with Crippen LogP contribution in [0.4, 0.5) is 0 Å². The van der Waals surface area contributed by atoms with Crippen LogP contribution in [0.1, 0.15) is 67.9 Å². The summed E-state index contributed by atoms with van der Waals surface area (Å²) in [6, 6.07) is 15.0. The summed E-state index contributed by atoms with van der Waals surface area (Å²) in [4.78, 5) is 39.5. The van der Waals surface area contributed by atoms with Gasteiger partial charge in [0.15, 0.2) is 17.3 Å². The third-order valence-corrected chi connectivity index (χ3v) is 7.89. The number of ether oxygens (including phenoxy) is 4. The van der Waals surface area contributed by atoms with Crippen LogP contribution >= 0.6 is 31.9 Å². The number of esters is 2. The number of carbonyl (C=O) groups is 3. The predicted octanol–water partition coefficient (Wildman–Crippen LogP) is 7.22. The van der Waals surface area contributed by atoms with Crippen LogP contribution in [0.3, 0.4) is 0 Å². The van der Waals surface area contributed by atoms with Crippen molar-refractivity contribution < 1.29 is 33.3 Å². The molecule has 224 valence electrons. The van der Waals surface area contributed by atoms with Crippen LogP contribution in [0.2, 0.25) is 0 Å². The van der Waals surface area contributed by atoms with Crippen LogP contribution in [0, 0.1) is 0 Å². The number of nitrogens with one attached hydrogen (secondary N) is 1. The minimum absolute atomic E-state index is 0.0196. The Morgan fingerprint density at radius 3 is 1.64 bits per heavy atom. The summed E-state index contributed by atoms with van der Waals surface area (Å²) < 4.78 is 23.4. The molecule has 0 fully saturated rings. The van der Waals surface area contributed by atoms with E-state index in [9.17, 15) is 14.4 Å². The first kappa shape index (κ1) is 33.3. The van der Waals surface area contributed by atoms with Crippen molar-refractivity contribution in [2.24, 2.45) is 0 Å². The molecule has 0 bridgehead atoms. The van der Waals surface area contributed by atoms with E-state index in [1.807, 2.05) is 20.8 Å². The number of ketones is 1. The van der Waals surface area contributed by atoms with Gasteiger partial charge in [0, 0.05) is 20.0 Å². The van der Waals surface area contributed by atoms with Crippen molar-refractivity contribution in [2.75, 3.05) is 20.8 Å². The summed E-state index contributed by atoms with van der Waals surface area (Å²) in [7, 11) is 3.12. The van der Waals surface area contributed by atoms with Crippen LogP contribution < -0.4 is 24.3 Å². The smallest absolute Gasteiger partial charge is 0.318 e. The van der Waals surface area contributed by atoms with Gasteiger partial charge >= 0.3 is 11.9 Å². The maximum absolute atomic E-state index is 13.3. The minimum atomic E-state index is -0.690. The van der Waals surface area contributed by atoms with Crippen LogP contribution in [0.5, 0.6) is 23.0 Å². The van der Waals surface area contributed by atoms with E-state index >= 15 is 0 Å². The standard InChI is InChI=1S/C32H35Br2NO7/c1-18(23-11-9-21(39-6)15-25(23)33)30(37)41-28-13-8-20(27(36)17-35-32(3,4)5)14-29(28)42-31(38)19(2)24-12-10-22(40-7)16-26(24)34/h8-16,18-19,35H,17H2,1-7H3. The van der Waals surface area contributed by atoms with Gasteiger partial charge in [-0.3, -0.25) is 14.4 Å². The first-order chi connectivity index (χ1) is 19.7. The van der Waals surface area contributed by atoms with E-state index < -0.39 is 23.8 Å². The van der Waals surface area contributed by atoms with E-state index in [4.69, 9.17) is 18.9 Å². The largest absolute Gasteiger partial charge is 0.497 e. The van der Waals surface area contributed by atoms with Crippen molar-refractivity contribution in [3.63, 3.8) is 0 Å². The fourth-order valence-corrected chi connectivity index (χ4v) is 5.31. The third-order valence-electron chi connectivity index (χ3n) is 6.52. The van der Waals surface area contributed by atoms with Crippen LogP contribution in [0.25, 0.3) is 0 Å². The van der Waals surface area contributed by atoms with E-state index in [0.717, 1.165) is 0 Å². The van der Waals surface area contributed by atoms with Gasteiger partial charge in [-0.25, -0.2) is 0 Å². The zero-order valence-electron chi connectivity index (χ0n) is 24.7. The highest BCUT2D eigenvalue weighted by Crippen LogP contribution is 2.35. The average Bonchev–Trinajstić information content (AvgIpc) is 2.95. The summed E-state index contributed by atoms with van der Waals surface area (Å²) in [6.07, 6.45) is 0. The zero-order chi connectivity index (χ0) is 31.2. The molecule has 1 N–H and O–H groups in total. The third kappa shape index (κ3) is 8.65. The normalized spacial score (nSPS) is 12.7. The summed E-state index contributed by atoms with van der Waals surface area (Å²) in [5.74, 6) is -1.48. The van der Waals surface area contributed by atoms with Crippen molar-refractivity contribution in [3.05, 3.63) is 80.2 Å². The van der Waals surface area contributed by atoms with Crippen LogP contribution in [-0.2, 0) is 9.59 Å². The van der Waals surface area contributed by atoms with Gasteiger partial charge in [0.25, 0.3) is 0 Å². The summed E-state index contributed by atoms with van der Waals surface area (Å²) in [6.45, 7) is 9.35. The Bertz CT molecular complexity index is 1470. The van der Waals surface area contributed by atoms with Crippen LogP contribution in [-0.4, -0.2) is 44.0 Å². The molecule has 3 aromatic rings. The van der Waals surface area contributed by atoms with Gasteiger partial charge in [-0.2, -0.15) is 0 Å². The number of methoxy groups -OCH3 is 2. The molecular formula is C32H35Br2NO7. The number of hydrogen-bond acceptors (Lipinski definition) is 8. The Balaban J connectivity index is 1.91. The van der Waals surface area contributed by atoms with E-state index in [1.54, 1.807) is 70.5 Å². The molecule has 0 radical (unpaired) electrons. The van der Waals surface area contributed by atoms with Gasteiger partial charge < -0.3 is 24.3 Å². The second kappa shape index (κ2) is 14.3. The lowest BCUT2D eigenvalue weighted by Gasteiger charge is -2.20. The van der Waals surface area contributed by atoms with Gasteiger partial charge in [-0.15, -0.1) is 0 Å². The molecule has 0 heterocycles. The molecule has 8 nitrogen and oxygen atoms in total. The maximum Gasteiger partial charge on any atom is 0.318 e. The average molecular weight is 705 g/mol. The Hall–Kier alpha value is -3.21. The highest BCUT2D eigenvalue weighted by atomic mass is 79.9. The fraction of sp³-hybridized carbons (Fsp3) is 0.344. The molecule has 0 spiro atoms. The van der Waals surface area contributed by atoms with Gasteiger partial charge in [-0.05, 0) is 88.2 Å².